The standard InChI is InChI=1S/C15H20N6O3/c1-4-16-10(2)9-17-15(22)14-11(3)20(19-18-14)12-6-5-7-13(8-12)21(23)24/h5-8,10,16H,4,9H2,1-3H3,(H,17,22)/t10-/m1/s1. The smallest absolute Gasteiger partial charge is 0.273 e. The van der Waals surface area contributed by atoms with Gasteiger partial charge in [-0.3, -0.25) is 14.9 Å². The molecule has 0 aliphatic rings. The molecule has 0 saturated carbocycles. The van der Waals surface area contributed by atoms with Crippen molar-refractivity contribution < 1.29 is 9.72 Å². The van der Waals surface area contributed by atoms with Crippen molar-refractivity contribution in [1.82, 2.24) is 25.6 Å². The van der Waals surface area contributed by atoms with Crippen molar-refractivity contribution in [3.63, 3.8) is 0 Å². The zero-order valence-electron chi connectivity index (χ0n) is 13.8. The number of aromatic nitrogens is 3. The Labute approximate surface area is 139 Å². The predicted molar refractivity (Wildman–Crippen MR) is 88.2 cm³/mol. The van der Waals surface area contributed by atoms with Gasteiger partial charge >= 0.3 is 0 Å². The van der Waals surface area contributed by atoms with E-state index in [2.05, 4.69) is 20.9 Å². The number of amides is 1. The Hall–Kier alpha value is -2.81. The first kappa shape index (κ1) is 17.5. The summed E-state index contributed by atoms with van der Waals surface area (Å²) in [5, 5.41) is 24.7. The van der Waals surface area contributed by atoms with Gasteiger partial charge in [0, 0.05) is 24.7 Å². The van der Waals surface area contributed by atoms with Gasteiger partial charge in [0.2, 0.25) is 0 Å². The number of carbonyl (C=O) groups excluding carboxylic acids is 1. The van der Waals surface area contributed by atoms with E-state index < -0.39 is 4.92 Å². The topological polar surface area (TPSA) is 115 Å². The van der Waals surface area contributed by atoms with Crippen LogP contribution in [0.25, 0.3) is 5.69 Å². The Bertz CT molecular complexity index is 743. The number of hydrogen-bond acceptors (Lipinski definition) is 6. The Morgan fingerprint density at radius 2 is 2.21 bits per heavy atom. The fraction of sp³-hybridized carbons (Fsp3) is 0.400. The average molecular weight is 332 g/mol. The SMILES string of the molecule is CCN[C@H](C)CNC(=O)c1nnn(-c2cccc([N+](=O)[O-])c2)c1C. The highest BCUT2D eigenvalue weighted by molar-refractivity contribution is 5.93. The van der Waals surface area contributed by atoms with Gasteiger partial charge in [-0.2, -0.15) is 0 Å². The van der Waals surface area contributed by atoms with Crippen molar-refractivity contribution in [3.8, 4) is 5.69 Å². The molecule has 1 aromatic heterocycles. The predicted octanol–water partition coefficient (Wildman–Crippen LogP) is 1.21. The average Bonchev–Trinajstić information content (AvgIpc) is 2.94. The Kier molecular flexibility index (Phi) is 5.59. The van der Waals surface area contributed by atoms with Crippen molar-refractivity contribution in [1.29, 1.82) is 0 Å². The van der Waals surface area contributed by atoms with E-state index in [9.17, 15) is 14.9 Å². The summed E-state index contributed by atoms with van der Waals surface area (Å²) < 4.78 is 1.41. The maximum atomic E-state index is 12.2. The van der Waals surface area contributed by atoms with Crippen LogP contribution in [-0.4, -0.2) is 45.0 Å². The molecule has 24 heavy (non-hydrogen) atoms. The van der Waals surface area contributed by atoms with E-state index in [1.165, 1.54) is 16.8 Å². The van der Waals surface area contributed by atoms with Gasteiger partial charge in [-0.15, -0.1) is 5.10 Å². The first-order chi connectivity index (χ1) is 11.4. The number of benzene rings is 1. The summed E-state index contributed by atoms with van der Waals surface area (Å²) in [6.45, 7) is 6.94. The van der Waals surface area contributed by atoms with Crippen LogP contribution in [0, 0.1) is 17.0 Å². The van der Waals surface area contributed by atoms with Gasteiger partial charge in [0.15, 0.2) is 5.69 Å². The summed E-state index contributed by atoms with van der Waals surface area (Å²) in [6.07, 6.45) is 0. The minimum atomic E-state index is -0.481. The summed E-state index contributed by atoms with van der Waals surface area (Å²) in [6, 6.07) is 6.16. The number of nitro groups is 1. The highest BCUT2D eigenvalue weighted by atomic mass is 16.6. The van der Waals surface area contributed by atoms with Crippen molar-refractivity contribution in [2.24, 2.45) is 0 Å². The zero-order chi connectivity index (χ0) is 17.7. The molecule has 9 heteroatoms. The number of likely N-dealkylation sites (N-methyl/N-ethyl adjacent to an activating group) is 1. The second kappa shape index (κ2) is 7.64. The molecule has 1 atom stereocenters. The van der Waals surface area contributed by atoms with Crippen molar-refractivity contribution in [2.75, 3.05) is 13.1 Å². The van der Waals surface area contributed by atoms with Gasteiger partial charge < -0.3 is 10.6 Å². The van der Waals surface area contributed by atoms with Crippen LogP contribution in [0.1, 0.15) is 30.0 Å². The molecule has 2 rings (SSSR count). The van der Waals surface area contributed by atoms with E-state index in [1.54, 1.807) is 19.1 Å². The molecule has 1 heterocycles. The van der Waals surface area contributed by atoms with E-state index in [4.69, 9.17) is 0 Å². The van der Waals surface area contributed by atoms with E-state index in [1.807, 2.05) is 13.8 Å². The van der Waals surface area contributed by atoms with E-state index >= 15 is 0 Å². The summed E-state index contributed by atoms with van der Waals surface area (Å²) in [5.41, 5.74) is 1.15. The molecule has 0 saturated heterocycles. The molecular formula is C15H20N6O3. The number of carbonyl (C=O) groups is 1. The van der Waals surface area contributed by atoms with E-state index in [-0.39, 0.29) is 23.3 Å². The maximum absolute atomic E-state index is 12.2. The van der Waals surface area contributed by atoms with E-state index in [0.29, 0.717) is 17.9 Å². The van der Waals surface area contributed by atoms with Crippen LogP contribution in [0.15, 0.2) is 24.3 Å². The minimum absolute atomic E-state index is 0.0483. The zero-order valence-corrected chi connectivity index (χ0v) is 13.8. The fourth-order valence-corrected chi connectivity index (χ4v) is 2.27. The number of nitrogens with zero attached hydrogens (tertiary/aromatic N) is 4. The largest absolute Gasteiger partial charge is 0.349 e. The Morgan fingerprint density at radius 3 is 2.88 bits per heavy atom. The maximum Gasteiger partial charge on any atom is 0.273 e. The molecule has 0 fully saturated rings. The quantitative estimate of drug-likeness (QED) is 0.582. The molecule has 2 N–H and O–H groups in total. The highest BCUT2D eigenvalue weighted by Crippen LogP contribution is 2.18. The van der Waals surface area contributed by atoms with E-state index in [0.717, 1.165) is 6.54 Å². The number of hydrogen-bond donors (Lipinski definition) is 2. The molecule has 0 aliphatic heterocycles. The van der Waals surface area contributed by atoms with Gasteiger partial charge in [-0.1, -0.05) is 18.2 Å². The first-order valence-corrected chi connectivity index (χ1v) is 7.62. The normalized spacial score (nSPS) is 12.0. The second-order valence-electron chi connectivity index (χ2n) is 5.38. The summed E-state index contributed by atoms with van der Waals surface area (Å²) in [4.78, 5) is 22.6. The van der Waals surface area contributed by atoms with Crippen LogP contribution in [0.5, 0.6) is 0 Å². The third-order valence-electron chi connectivity index (χ3n) is 3.52. The third kappa shape index (κ3) is 3.93. The molecule has 0 radical (unpaired) electrons. The lowest BCUT2D eigenvalue weighted by Gasteiger charge is -2.12. The molecule has 1 amide bonds. The van der Waals surface area contributed by atoms with Gasteiger partial charge in [-0.05, 0) is 26.5 Å². The molecule has 128 valence electrons. The van der Waals surface area contributed by atoms with Crippen LogP contribution < -0.4 is 10.6 Å². The summed E-state index contributed by atoms with van der Waals surface area (Å²) >= 11 is 0. The number of rotatable bonds is 7. The lowest BCUT2D eigenvalue weighted by Crippen LogP contribution is -2.39. The molecule has 2 aromatic rings. The number of nitro benzene ring substituents is 1. The minimum Gasteiger partial charge on any atom is -0.349 e. The first-order valence-electron chi connectivity index (χ1n) is 7.62. The molecule has 0 unspecified atom stereocenters. The molecule has 0 aliphatic carbocycles. The van der Waals surface area contributed by atoms with Gasteiger partial charge in [-0.25, -0.2) is 4.68 Å². The number of non-ortho nitro benzene ring substituents is 1. The Morgan fingerprint density at radius 1 is 1.46 bits per heavy atom. The van der Waals surface area contributed by atoms with Gasteiger partial charge in [0.05, 0.1) is 16.3 Å². The number of nitrogens with one attached hydrogen (secondary N) is 2. The lowest BCUT2D eigenvalue weighted by atomic mass is 10.2. The highest BCUT2D eigenvalue weighted by Gasteiger charge is 2.18. The van der Waals surface area contributed by atoms with Gasteiger partial charge in [0.1, 0.15) is 0 Å². The summed E-state index contributed by atoms with van der Waals surface area (Å²) in [5.74, 6) is -0.325. The van der Waals surface area contributed by atoms with Crippen LogP contribution >= 0.6 is 0 Å². The second-order valence-corrected chi connectivity index (χ2v) is 5.38. The van der Waals surface area contributed by atoms with Crippen molar-refractivity contribution in [3.05, 3.63) is 45.8 Å². The molecule has 0 bridgehead atoms. The monoisotopic (exact) mass is 332 g/mol. The fourth-order valence-electron chi connectivity index (χ4n) is 2.27. The third-order valence-corrected chi connectivity index (χ3v) is 3.52. The van der Waals surface area contributed by atoms with Crippen LogP contribution in [0.4, 0.5) is 5.69 Å². The van der Waals surface area contributed by atoms with Crippen molar-refractivity contribution >= 4 is 11.6 Å². The Balaban J connectivity index is 2.17. The summed E-state index contributed by atoms with van der Waals surface area (Å²) in [7, 11) is 0. The van der Waals surface area contributed by atoms with Gasteiger partial charge in [0.25, 0.3) is 11.6 Å². The lowest BCUT2D eigenvalue weighted by molar-refractivity contribution is -0.384. The van der Waals surface area contributed by atoms with Crippen LogP contribution in [0.2, 0.25) is 0 Å². The van der Waals surface area contributed by atoms with Crippen LogP contribution in [-0.2, 0) is 0 Å². The van der Waals surface area contributed by atoms with Crippen molar-refractivity contribution in [2.45, 2.75) is 26.8 Å². The molecular weight excluding hydrogens is 312 g/mol. The van der Waals surface area contributed by atoms with Crippen LogP contribution in [0.3, 0.4) is 0 Å². The molecule has 9 nitrogen and oxygen atoms in total. The molecule has 1 aromatic carbocycles. The molecule has 0 spiro atoms.